The summed E-state index contributed by atoms with van der Waals surface area (Å²) in [5, 5.41) is 13.1. The van der Waals surface area contributed by atoms with Gasteiger partial charge in [-0.05, 0) is 13.8 Å². The molecule has 1 aromatic carbocycles. The number of hydrogen-bond donors (Lipinski definition) is 0. The van der Waals surface area contributed by atoms with Crippen molar-refractivity contribution >= 4 is 22.9 Å². The maximum absolute atomic E-state index is 6.22. The van der Waals surface area contributed by atoms with Crippen molar-refractivity contribution in [2.75, 3.05) is 0 Å². The lowest BCUT2D eigenvalue weighted by molar-refractivity contribution is 0.556. The normalized spacial score (nSPS) is 15.6. The molecule has 0 radical (unpaired) electrons. The molecular formula is C15H12ClN5. The van der Waals surface area contributed by atoms with E-state index in [0.29, 0.717) is 10.8 Å². The van der Waals surface area contributed by atoms with Crippen LogP contribution >= 0.6 is 11.6 Å². The zero-order chi connectivity index (χ0) is 14.6. The molecule has 0 saturated carbocycles. The number of azo groups is 1. The fourth-order valence-corrected chi connectivity index (χ4v) is 2.81. The number of benzene rings is 1. The minimum atomic E-state index is -0.442. The predicted molar refractivity (Wildman–Crippen MR) is 81.0 cm³/mol. The third-order valence-electron chi connectivity index (χ3n) is 3.62. The Labute approximate surface area is 126 Å². The third kappa shape index (κ3) is 1.77. The quantitative estimate of drug-likeness (QED) is 0.669. The summed E-state index contributed by atoms with van der Waals surface area (Å²) in [5.74, 6) is 0. The Hall–Kier alpha value is -2.27. The van der Waals surface area contributed by atoms with Gasteiger partial charge in [-0.15, -0.1) is 0 Å². The highest BCUT2D eigenvalue weighted by molar-refractivity contribution is 6.32. The topological polar surface area (TPSA) is 54.9 Å². The maximum atomic E-state index is 6.22. The van der Waals surface area contributed by atoms with Crippen LogP contribution in [-0.2, 0) is 5.54 Å². The highest BCUT2D eigenvalue weighted by Crippen LogP contribution is 2.45. The summed E-state index contributed by atoms with van der Waals surface area (Å²) in [5.41, 5.74) is 3.75. The van der Waals surface area contributed by atoms with Gasteiger partial charge in [-0.2, -0.15) is 15.3 Å². The number of aromatic nitrogens is 3. The monoisotopic (exact) mass is 297 g/mol. The van der Waals surface area contributed by atoms with Crippen LogP contribution in [0.25, 0.3) is 16.9 Å². The molecule has 0 fully saturated rings. The van der Waals surface area contributed by atoms with E-state index in [1.54, 1.807) is 4.52 Å². The lowest BCUT2D eigenvalue weighted by Gasteiger charge is -2.14. The first-order valence-corrected chi connectivity index (χ1v) is 7.02. The number of imidazole rings is 1. The molecule has 3 heterocycles. The van der Waals surface area contributed by atoms with E-state index in [1.807, 2.05) is 50.4 Å². The van der Waals surface area contributed by atoms with Gasteiger partial charge >= 0.3 is 0 Å². The molecule has 6 heteroatoms. The third-order valence-corrected chi connectivity index (χ3v) is 3.88. The Balaban J connectivity index is 2.03. The van der Waals surface area contributed by atoms with E-state index in [-0.39, 0.29) is 0 Å². The zero-order valence-corrected chi connectivity index (χ0v) is 12.3. The molecule has 21 heavy (non-hydrogen) atoms. The van der Waals surface area contributed by atoms with Crippen molar-refractivity contribution < 1.29 is 0 Å². The SMILES string of the molecule is CC1(C)N=Nc2c(Cl)nn3cc(-c4ccccc4)nc3c21. The fourth-order valence-electron chi connectivity index (χ4n) is 2.60. The maximum Gasteiger partial charge on any atom is 0.178 e. The standard InChI is InChI=1S/C15H12ClN5/c1-15(2)11-12(18-20-15)13(16)19-21-8-10(17-14(11)21)9-6-4-3-5-7-9/h3-8H,1-2H3. The first-order chi connectivity index (χ1) is 10.1. The first kappa shape index (κ1) is 12.5. The second-order valence-electron chi connectivity index (χ2n) is 5.53. The van der Waals surface area contributed by atoms with Gasteiger partial charge in [0.15, 0.2) is 10.8 Å². The Morgan fingerprint density at radius 2 is 1.90 bits per heavy atom. The van der Waals surface area contributed by atoms with Crippen LogP contribution in [0.15, 0.2) is 46.8 Å². The summed E-state index contributed by atoms with van der Waals surface area (Å²) in [4.78, 5) is 4.71. The Morgan fingerprint density at radius 3 is 2.67 bits per heavy atom. The molecule has 1 aliphatic rings. The molecule has 104 valence electrons. The van der Waals surface area contributed by atoms with E-state index in [4.69, 9.17) is 16.6 Å². The lowest BCUT2D eigenvalue weighted by atomic mass is 9.97. The van der Waals surface area contributed by atoms with E-state index in [2.05, 4.69) is 15.3 Å². The summed E-state index contributed by atoms with van der Waals surface area (Å²) in [6, 6.07) is 9.98. The summed E-state index contributed by atoms with van der Waals surface area (Å²) in [7, 11) is 0. The van der Waals surface area contributed by atoms with Gasteiger partial charge in [0.25, 0.3) is 0 Å². The minimum Gasteiger partial charge on any atom is -0.227 e. The molecule has 0 N–H and O–H groups in total. The van der Waals surface area contributed by atoms with Crippen LogP contribution in [0.3, 0.4) is 0 Å². The minimum absolute atomic E-state index is 0.351. The molecular weight excluding hydrogens is 286 g/mol. The van der Waals surface area contributed by atoms with Crippen molar-refractivity contribution in [1.82, 2.24) is 14.6 Å². The van der Waals surface area contributed by atoms with Crippen LogP contribution in [0, 0.1) is 0 Å². The molecule has 0 bridgehead atoms. The summed E-state index contributed by atoms with van der Waals surface area (Å²) >= 11 is 6.22. The van der Waals surface area contributed by atoms with E-state index < -0.39 is 5.54 Å². The van der Waals surface area contributed by atoms with Gasteiger partial charge in [0.1, 0.15) is 11.2 Å². The average Bonchev–Trinajstić information content (AvgIpc) is 3.01. The average molecular weight is 298 g/mol. The van der Waals surface area contributed by atoms with Gasteiger partial charge in [-0.25, -0.2) is 9.50 Å². The lowest BCUT2D eigenvalue weighted by Crippen LogP contribution is -2.12. The predicted octanol–water partition coefficient (Wildman–Crippen LogP) is 4.38. The van der Waals surface area contributed by atoms with E-state index >= 15 is 0 Å². The van der Waals surface area contributed by atoms with Gasteiger partial charge in [0, 0.05) is 5.56 Å². The molecule has 3 aromatic rings. The Morgan fingerprint density at radius 1 is 1.14 bits per heavy atom. The number of hydrogen-bond acceptors (Lipinski definition) is 4. The van der Waals surface area contributed by atoms with E-state index in [1.165, 1.54) is 0 Å². The Bertz CT molecular complexity index is 880. The molecule has 0 aliphatic carbocycles. The van der Waals surface area contributed by atoms with Gasteiger partial charge in [0.2, 0.25) is 0 Å². The van der Waals surface area contributed by atoms with Crippen molar-refractivity contribution in [3.8, 4) is 11.3 Å². The van der Waals surface area contributed by atoms with Crippen molar-refractivity contribution in [1.29, 1.82) is 0 Å². The molecule has 1 aliphatic heterocycles. The first-order valence-electron chi connectivity index (χ1n) is 6.64. The van der Waals surface area contributed by atoms with Crippen molar-refractivity contribution in [3.05, 3.63) is 47.2 Å². The largest absolute Gasteiger partial charge is 0.227 e. The molecule has 0 unspecified atom stereocenters. The highest BCUT2D eigenvalue weighted by Gasteiger charge is 2.34. The zero-order valence-electron chi connectivity index (χ0n) is 11.6. The second kappa shape index (κ2) is 4.11. The van der Waals surface area contributed by atoms with Crippen molar-refractivity contribution in [3.63, 3.8) is 0 Å². The van der Waals surface area contributed by atoms with E-state index in [0.717, 1.165) is 22.5 Å². The molecule has 0 spiro atoms. The van der Waals surface area contributed by atoms with Gasteiger partial charge in [-0.1, -0.05) is 41.9 Å². The number of nitrogens with zero attached hydrogens (tertiary/aromatic N) is 5. The van der Waals surface area contributed by atoms with Gasteiger partial charge in [-0.3, -0.25) is 0 Å². The van der Waals surface area contributed by atoms with Crippen LogP contribution in [0.2, 0.25) is 5.15 Å². The number of fused-ring (bicyclic) bond motifs is 3. The van der Waals surface area contributed by atoms with Crippen molar-refractivity contribution in [2.24, 2.45) is 10.2 Å². The molecule has 4 rings (SSSR count). The van der Waals surface area contributed by atoms with Crippen LogP contribution < -0.4 is 0 Å². The van der Waals surface area contributed by atoms with Gasteiger partial charge < -0.3 is 0 Å². The number of rotatable bonds is 1. The molecule has 0 atom stereocenters. The number of halogens is 1. The Kier molecular flexibility index (Phi) is 2.44. The molecule has 0 saturated heterocycles. The smallest absolute Gasteiger partial charge is 0.178 e. The summed E-state index contributed by atoms with van der Waals surface area (Å²) < 4.78 is 1.71. The van der Waals surface area contributed by atoms with Crippen LogP contribution in [0.4, 0.5) is 5.69 Å². The molecule has 2 aromatic heterocycles. The highest BCUT2D eigenvalue weighted by atomic mass is 35.5. The van der Waals surface area contributed by atoms with E-state index in [9.17, 15) is 0 Å². The fraction of sp³-hybridized carbons (Fsp3) is 0.200. The van der Waals surface area contributed by atoms with Gasteiger partial charge in [0.05, 0.1) is 17.5 Å². The summed E-state index contributed by atoms with van der Waals surface area (Å²) in [6.45, 7) is 3.99. The molecule has 5 nitrogen and oxygen atoms in total. The van der Waals surface area contributed by atoms with Crippen molar-refractivity contribution in [2.45, 2.75) is 19.4 Å². The van der Waals surface area contributed by atoms with Crippen LogP contribution in [-0.4, -0.2) is 14.6 Å². The summed E-state index contributed by atoms with van der Waals surface area (Å²) in [6.07, 6.45) is 1.88. The van der Waals surface area contributed by atoms with Crippen LogP contribution in [0.1, 0.15) is 19.4 Å². The second-order valence-corrected chi connectivity index (χ2v) is 5.89. The van der Waals surface area contributed by atoms with Crippen LogP contribution in [0.5, 0.6) is 0 Å². The molecule has 0 amide bonds.